The van der Waals surface area contributed by atoms with E-state index in [0.717, 1.165) is 19.3 Å². The molecule has 0 fully saturated rings. The Morgan fingerprint density at radius 2 is 1.40 bits per heavy atom. The summed E-state index contributed by atoms with van der Waals surface area (Å²) in [5, 5.41) is 2.82. The van der Waals surface area contributed by atoms with E-state index in [1.807, 2.05) is 19.6 Å². The number of hydrogen-bond acceptors (Lipinski definition) is 4. The summed E-state index contributed by atoms with van der Waals surface area (Å²) in [5.41, 5.74) is 0.771. The van der Waals surface area contributed by atoms with Crippen molar-refractivity contribution in [2.45, 2.75) is 92.4 Å². The van der Waals surface area contributed by atoms with Gasteiger partial charge >= 0.3 is 16.0 Å². The van der Waals surface area contributed by atoms with Gasteiger partial charge in [0.05, 0.1) is 0 Å². The Balaban J connectivity index is -0.000000201. The largest absolute Gasteiger partial charge is 0.497 e. The molecule has 0 aromatic heterocycles. The first-order valence-electron chi connectivity index (χ1n) is 10.6. The summed E-state index contributed by atoms with van der Waals surface area (Å²) in [6.45, 7) is 23.6. The molecule has 11 heteroatoms. The van der Waals surface area contributed by atoms with Crippen LogP contribution in [-0.2, 0) is 18.1 Å². The number of carbonyl (C=O) groups is 2. The molecule has 0 radical (unpaired) electrons. The molecule has 30 heavy (non-hydrogen) atoms. The van der Waals surface area contributed by atoms with Crippen molar-refractivity contribution in [3.8, 4) is 0 Å². The third kappa shape index (κ3) is 32.1. The first-order valence-corrected chi connectivity index (χ1v) is 21.5. The van der Waals surface area contributed by atoms with Crippen molar-refractivity contribution >= 4 is 48.5 Å². The molecular weight excluding hydrogens is 451 g/mol. The van der Waals surface area contributed by atoms with Crippen molar-refractivity contribution in [1.82, 2.24) is 5.32 Å². The van der Waals surface area contributed by atoms with Gasteiger partial charge in [0.2, 0.25) is 5.91 Å². The van der Waals surface area contributed by atoms with Crippen LogP contribution in [0.3, 0.4) is 0 Å². The molecule has 0 aliphatic carbocycles. The fourth-order valence-electron chi connectivity index (χ4n) is 1.40. The van der Waals surface area contributed by atoms with Gasteiger partial charge in [0.25, 0.3) is 0 Å². The maximum Gasteiger partial charge on any atom is 0.359 e. The predicted octanol–water partition coefficient (Wildman–Crippen LogP) is 1.73. The monoisotopic (exact) mass is 501 g/mol. The van der Waals surface area contributed by atoms with Gasteiger partial charge in [0, 0.05) is 36.0 Å². The van der Waals surface area contributed by atoms with Crippen LogP contribution in [0, 0.1) is 0 Å². The zero-order chi connectivity index (χ0) is 22.8. The number of carbonyl (C=O) groups excluding carboxylic acids is 2. The molecule has 184 valence electrons. The van der Waals surface area contributed by atoms with E-state index >= 15 is 0 Å². The van der Waals surface area contributed by atoms with Crippen LogP contribution < -0.4 is 5.32 Å². The van der Waals surface area contributed by atoms with E-state index in [1.165, 1.54) is 0 Å². The molecule has 0 aromatic carbocycles. The Bertz CT molecular complexity index is 452. The number of rotatable bonds is 9. The van der Waals surface area contributed by atoms with Crippen LogP contribution in [-0.4, -0.2) is 66.0 Å². The molecule has 7 nitrogen and oxygen atoms in total. The molecule has 0 aliphatic heterocycles. The molecule has 0 aromatic rings. The molecule has 0 unspecified atom stereocenters. The average molecular weight is 502 g/mol. The third-order valence-corrected chi connectivity index (χ3v) is 7.27. The molecule has 0 saturated heterocycles. The van der Waals surface area contributed by atoms with Crippen LogP contribution in [0.1, 0.15) is 40.0 Å². The number of amides is 1. The minimum atomic E-state index is -1.64. The molecule has 0 saturated carbocycles. The van der Waals surface area contributed by atoms with E-state index in [-0.39, 0.29) is 25.7 Å². The summed E-state index contributed by atoms with van der Waals surface area (Å²) < 4.78 is 10.8. The van der Waals surface area contributed by atoms with Gasteiger partial charge in [-0.1, -0.05) is 52.5 Å². The van der Waals surface area contributed by atoms with E-state index in [9.17, 15) is 9.59 Å². The Kier molecular flexibility index (Phi) is 32.8. The van der Waals surface area contributed by atoms with E-state index in [1.54, 1.807) is 13.8 Å². The summed E-state index contributed by atoms with van der Waals surface area (Å²) in [6, 6.07) is 0. The van der Waals surface area contributed by atoms with Crippen LogP contribution in [0.25, 0.3) is 0 Å². The summed E-state index contributed by atoms with van der Waals surface area (Å²) in [4.78, 5) is 23.8. The van der Waals surface area contributed by atoms with Crippen molar-refractivity contribution in [3.63, 3.8) is 0 Å². The standard InChI is InChI=1S/C14H29NO4Si2.C3H10Si.C2H8Si.2H2O/c1-7-8-9-10-15-13(16)11(2)12(3)14(17)18-20-19-21(4,5)6;1-4(2)3;1-3-2;;/h7-10,20H2,1-6H3,(H,15,16);4H,1-3H3;3H2,1-2H3;2*1H2/b12-11+;;;;. The van der Waals surface area contributed by atoms with E-state index < -0.39 is 24.3 Å². The van der Waals surface area contributed by atoms with Crippen molar-refractivity contribution < 1.29 is 29.1 Å². The van der Waals surface area contributed by atoms with Gasteiger partial charge in [-0.2, -0.15) is 0 Å². The van der Waals surface area contributed by atoms with Crippen molar-refractivity contribution in [2.75, 3.05) is 6.54 Å². The minimum Gasteiger partial charge on any atom is -0.497 e. The second-order valence-corrected chi connectivity index (χ2v) is 19.2. The molecule has 0 atom stereocenters. The molecule has 5 N–H and O–H groups in total. The summed E-state index contributed by atoms with van der Waals surface area (Å²) in [6.07, 6.45) is 3.15. The number of hydrogen-bond donors (Lipinski definition) is 1. The van der Waals surface area contributed by atoms with Gasteiger partial charge in [-0.05, 0) is 39.9 Å². The third-order valence-electron chi connectivity index (χ3n) is 2.96. The Labute approximate surface area is 193 Å². The molecule has 0 bridgehead atoms. The zero-order valence-corrected chi connectivity index (χ0v) is 26.4. The lowest BCUT2D eigenvalue weighted by Crippen LogP contribution is -2.30. The van der Waals surface area contributed by atoms with Gasteiger partial charge in [0.15, 0.2) is 8.32 Å². The quantitative estimate of drug-likeness (QED) is 0.293. The van der Waals surface area contributed by atoms with Crippen LogP contribution in [0.5, 0.6) is 0 Å². The van der Waals surface area contributed by atoms with Crippen LogP contribution in [0.4, 0.5) is 0 Å². The van der Waals surface area contributed by atoms with Gasteiger partial charge < -0.3 is 24.8 Å². The first kappa shape index (κ1) is 39.9. The predicted molar refractivity (Wildman–Crippen MR) is 142 cm³/mol. The lowest BCUT2D eigenvalue weighted by atomic mass is 10.1. The van der Waals surface area contributed by atoms with Crippen molar-refractivity contribution in [2.24, 2.45) is 0 Å². The normalized spacial score (nSPS) is 11.1. The molecule has 0 aliphatic rings. The summed E-state index contributed by atoms with van der Waals surface area (Å²) >= 11 is 0. The second-order valence-electron chi connectivity index (χ2n) is 8.46. The first-order chi connectivity index (χ1) is 12.8. The Morgan fingerprint density at radius 1 is 0.967 bits per heavy atom. The fourth-order valence-corrected chi connectivity index (χ4v) is 3.37. The van der Waals surface area contributed by atoms with Gasteiger partial charge in [-0.15, -0.1) is 0 Å². The molecule has 1 amide bonds. The van der Waals surface area contributed by atoms with E-state index in [0.29, 0.717) is 27.2 Å². The van der Waals surface area contributed by atoms with E-state index in [4.69, 9.17) is 8.54 Å². The maximum atomic E-state index is 11.9. The molecule has 0 spiro atoms. The second kappa shape index (κ2) is 24.7. The maximum absolute atomic E-state index is 11.9. The molecule has 0 heterocycles. The zero-order valence-electron chi connectivity index (χ0n) is 21.5. The highest BCUT2D eigenvalue weighted by Crippen LogP contribution is 2.07. The Hall–Kier alpha value is -0.572. The smallest absolute Gasteiger partial charge is 0.359 e. The fraction of sp³-hybridized carbons (Fsp3) is 0.789. The summed E-state index contributed by atoms with van der Waals surface area (Å²) in [5.74, 6) is -0.644. The van der Waals surface area contributed by atoms with Crippen LogP contribution >= 0.6 is 0 Å². The minimum absolute atomic E-state index is 0. The highest BCUT2D eigenvalue weighted by Gasteiger charge is 2.18. The highest BCUT2D eigenvalue weighted by atomic mass is 28.4. The molecule has 0 rings (SSSR count). The summed E-state index contributed by atoms with van der Waals surface area (Å²) in [7, 11) is -2.68. The number of nitrogens with one attached hydrogen (secondary N) is 1. The van der Waals surface area contributed by atoms with Crippen LogP contribution in [0.15, 0.2) is 11.1 Å². The van der Waals surface area contributed by atoms with Gasteiger partial charge in [-0.3, -0.25) is 4.79 Å². The lowest BCUT2D eigenvalue weighted by molar-refractivity contribution is -0.131. The Morgan fingerprint density at radius 3 is 1.77 bits per heavy atom. The van der Waals surface area contributed by atoms with E-state index in [2.05, 4.69) is 45.0 Å². The topological polar surface area (TPSA) is 128 Å². The lowest BCUT2D eigenvalue weighted by Gasteiger charge is -2.17. The van der Waals surface area contributed by atoms with Gasteiger partial charge in [-0.25, -0.2) is 4.79 Å². The van der Waals surface area contributed by atoms with Crippen molar-refractivity contribution in [1.29, 1.82) is 0 Å². The SMILES string of the molecule is CCCCCNC(=O)/C(C)=C(\C)C(=O)O[SiH2]O[Si](C)(C)C.C[SiH2]C.C[SiH](C)C.O.O. The van der Waals surface area contributed by atoms with Crippen LogP contribution in [0.2, 0.25) is 52.4 Å². The highest BCUT2D eigenvalue weighted by molar-refractivity contribution is 6.73. The number of unbranched alkanes of at least 4 members (excludes halogenated alkanes) is 2. The van der Waals surface area contributed by atoms with Crippen molar-refractivity contribution in [3.05, 3.63) is 11.1 Å². The molecular formula is C19H51NO6Si4. The van der Waals surface area contributed by atoms with Gasteiger partial charge in [0.1, 0.15) is 0 Å². The average Bonchev–Trinajstić information content (AvgIpc) is 2.56.